The van der Waals surface area contributed by atoms with Gasteiger partial charge in [0.05, 0.1) is 22.0 Å². The van der Waals surface area contributed by atoms with Crippen molar-refractivity contribution in [1.82, 2.24) is 9.78 Å². The van der Waals surface area contributed by atoms with E-state index in [0.717, 1.165) is 33.4 Å². The third-order valence-electron chi connectivity index (χ3n) is 3.14. The average molecular weight is 329 g/mol. The van der Waals surface area contributed by atoms with Gasteiger partial charge in [-0.25, -0.2) is 0 Å². The van der Waals surface area contributed by atoms with Crippen LogP contribution in [0.1, 0.15) is 35.5 Å². The van der Waals surface area contributed by atoms with Crippen LogP contribution in [0.5, 0.6) is 0 Å². The Morgan fingerprint density at radius 3 is 2.72 bits per heavy atom. The minimum atomic E-state index is -0.465. The zero-order valence-electron chi connectivity index (χ0n) is 10.8. The highest BCUT2D eigenvalue weighted by molar-refractivity contribution is 9.10. The SMILES string of the molecule is CCc1nn(C)c(CC(O)c2cscc2C)c1Br. The molecule has 0 aliphatic heterocycles. The molecule has 0 aliphatic carbocycles. The first-order valence-electron chi connectivity index (χ1n) is 5.95. The lowest BCUT2D eigenvalue weighted by molar-refractivity contribution is 0.175. The lowest BCUT2D eigenvalue weighted by atomic mass is 10.0. The van der Waals surface area contributed by atoms with Crippen LogP contribution >= 0.6 is 27.3 Å². The van der Waals surface area contributed by atoms with Crippen molar-refractivity contribution in [3.8, 4) is 0 Å². The van der Waals surface area contributed by atoms with Gasteiger partial charge in [-0.2, -0.15) is 16.4 Å². The molecule has 0 amide bonds. The Morgan fingerprint density at radius 2 is 2.22 bits per heavy atom. The molecule has 0 aromatic carbocycles. The van der Waals surface area contributed by atoms with E-state index in [1.54, 1.807) is 11.3 Å². The molecule has 0 fully saturated rings. The minimum Gasteiger partial charge on any atom is -0.388 e. The monoisotopic (exact) mass is 328 g/mol. The number of nitrogens with zero attached hydrogens (tertiary/aromatic N) is 2. The maximum Gasteiger partial charge on any atom is 0.0856 e. The molecule has 2 heterocycles. The highest BCUT2D eigenvalue weighted by atomic mass is 79.9. The molecule has 98 valence electrons. The molecule has 1 atom stereocenters. The van der Waals surface area contributed by atoms with Gasteiger partial charge in [0.1, 0.15) is 0 Å². The third-order valence-corrected chi connectivity index (χ3v) is 4.94. The van der Waals surface area contributed by atoms with E-state index in [4.69, 9.17) is 0 Å². The highest BCUT2D eigenvalue weighted by Gasteiger charge is 2.18. The predicted molar refractivity (Wildman–Crippen MR) is 78.0 cm³/mol. The standard InChI is InChI=1S/C13H17BrN2OS/c1-4-10-13(14)11(16(3)15-10)5-12(17)9-7-18-6-8(9)2/h6-7,12,17H,4-5H2,1-3H3. The fraction of sp³-hybridized carbons (Fsp3) is 0.462. The summed E-state index contributed by atoms with van der Waals surface area (Å²) < 4.78 is 2.88. The van der Waals surface area contributed by atoms with Crippen molar-refractivity contribution >= 4 is 27.3 Å². The van der Waals surface area contributed by atoms with Gasteiger partial charge in [0.15, 0.2) is 0 Å². The summed E-state index contributed by atoms with van der Waals surface area (Å²) in [7, 11) is 1.92. The van der Waals surface area contributed by atoms with Gasteiger partial charge in [0, 0.05) is 13.5 Å². The van der Waals surface area contributed by atoms with E-state index < -0.39 is 6.10 Å². The second-order valence-electron chi connectivity index (χ2n) is 4.41. The summed E-state index contributed by atoms with van der Waals surface area (Å²) in [5, 5.41) is 18.8. The lowest BCUT2D eigenvalue weighted by Crippen LogP contribution is -2.07. The van der Waals surface area contributed by atoms with Crippen LogP contribution in [0, 0.1) is 6.92 Å². The quantitative estimate of drug-likeness (QED) is 0.934. The largest absolute Gasteiger partial charge is 0.388 e. The number of aromatic nitrogens is 2. The second kappa shape index (κ2) is 5.55. The van der Waals surface area contributed by atoms with Gasteiger partial charge in [-0.3, -0.25) is 4.68 Å². The number of halogens is 1. The molecule has 2 aromatic heterocycles. The summed E-state index contributed by atoms with van der Waals surface area (Å²) >= 11 is 5.21. The number of hydrogen-bond donors (Lipinski definition) is 1. The number of thiophene rings is 1. The fourth-order valence-electron chi connectivity index (χ4n) is 2.05. The van der Waals surface area contributed by atoms with Gasteiger partial charge in [-0.05, 0) is 51.2 Å². The van der Waals surface area contributed by atoms with E-state index in [0.29, 0.717) is 6.42 Å². The van der Waals surface area contributed by atoms with Crippen molar-refractivity contribution in [1.29, 1.82) is 0 Å². The molecule has 3 nitrogen and oxygen atoms in total. The first kappa shape index (κ1) is 13.8. The zero-order chi connectivity index (χ0) is 13.3. The molecule has 0 radical (unpaired) electrons. The normalized spacial score (nSPS) is 12.9. The average Bonchev–Trinajstić information content (AvgIpc) is 2.87. The first-order valence-corrected chi connectivity index (χ1v) is 7.69. The van der Waals surface area contributed by atoms with E-state index in [9.17, 15) is 5.11 Å². The van der Waals surface area contributed by atoms with Crippen LogP contribution in [0.4, 0.5) is 0 Å². The Hall–Kier alpha value is -0.650. The lowest BCUT2D eigenvalue weighted by Gasteiger charge is -2.11. The topological polar surface area (TPSA) is 38.0 Å². The van der Waals surface area contributed by atoms with Gasteiger partial charge in [0.2, 0.25) is 0 Å². The number of aryl methyl sites for hydroxylation is 3. The highest BCUT2D eigenvalue weighted by Crippen LogP contribution is 2.29. The summed E-state index contributed by atoms with van der Waals surface area (Å²) in [4.78, 5) is 0. The Morgan fingerprint density at radius 1 is 1.50 bits per heavy atom. The molecule has 0 spiro atoms. The van der Waals surface area contributed by atoms with Crippen LogP contribution in [0.3, 0.4) is 0 Å². The van der Waals surface area contributed by atoms with Gasteiger partial charge in [-0.15, -0.1) is 0 Å². The van der Waals surface area contributed by atoms with Gasteiger partial charge in [0.25, 0.3) is 0 Å². The molecule has 1 N–H and O–H groups in total. The molecule has 2 aromatic rings. The first-order chi connectivity index (χ1) is 8.54. The van der Waals surface area contributed by atoms with Crippen LogP contribution in [0.2, 0.25) is 0 Å². The maximum absolute atomic E-state index is 10.3. The number of hydrogen-bond acceptors (Lipinski definition) is 3. The van der Waals surface area contributed by atoms with Crippen LogP contribution < -0.4 is 0 Å². The number of aliphatic hydroxyl groups excluding tert-OH is 1. The second-order valence-corrected chi connectivity index (χ2v) is 5.95. The molecule has 1 unspecified atom stereocenters. The summed E-state index contributed by atoms with van der Waals surface area (Å²) in [6.07, 6.45) is 1.01. The van der Waals surface area contributed by atoms with Gasteiger partial charge >= 0.3 is 0 Å². The van der Waals surface area contributed by atoms with E-state index >= 15 is 0 Å². The van der Waals surface area contributed by atoms with Crippen molar-refractivity contribution < 1.29 is 5.11 Å². The zero-order valence-corrected chi connectivity index (χ0v) is 13.2. The van der Waals surface area contributed by atoms with E-state index in [1.165, 1.54) is 0 Å². The van der Waals surface area contributed by atoms with Crippen LogP contribution in [0.15, 0.2) is 15.2 Å². The van der Waals surface area contributed by atoms with Crippen LogP contribution in [0.25, 0.3) is 0 Å². The molecule has 0 aliphatic rings. The Kier molecular flexibility index (Phi) is 4.25. The molecule has 5 heteroatoms. The Bertz CT molecular complexity index is 547. The molecule has 2 rings (SSSR count). The molecular formula is C13H17BrN2OS. The van der Waals surface area contributed by atoms with Crippen molar-refractivity contribution in [3.63, 3.8) is 0 Å². The summed E-state index contributed by atoms with van der Waals surface area (Å²) in [6.45, 7) is 4.11. The van der Waals surface area contributed by atoms with Gasteiger partial charge < -0.3 is 5.11 Å². The van der Waals surface area contributed by atoms with Crippen LogP contribution in [-0.2, 0) is 19.9 Å². The molecule has 18 heavy (non-hydrogen) atoms. The molecule has 0 bridgehead atoms. The minimum absolute atomic E-state index is 0.465. The predicted octanol–water partition coefficient (Wildman–Crippen LogP) is 3.39. The fourth-order valence-corrected chi connectivity index (χ4v) is 3.72. The van der Waals surface area contributed by atoms with Crippen molar-refractivity contribution in [3.05, 3.63) is 37.7 Å². The Labute approximate surface area is 120 Å². The molecule has 0 saturated heterocycles. The van der Waals surface area contributed by atoms with Crippen LogP contribution in [-0.4, -0.2) is 14.9 Å². The van der Waals surface area contributed by atoms with E-state index in [1.807, 2.05) is 24.0 Å². The number of aliphatic hydroxyl groups is 1. The maximum atomic E-state index is 10.3. The molecular weight excluding hydrogens is 312 g/mol. The van der Waals surface area contributed by atoms with Crippen molar-refractivity contribution in [2.24, 2.45) is 7.05 Å². The van der Waals surface area contributed by atoms with E-state index in [2.05, 4.69) is 33.3 Å². The summed E-state index contributed by atoms with van der Waals surface area (Å²) in [5.41, 5.74) is 4.26. The van der Waals surface area contributed by atoms with Crippen molar-refractivity contribution in [2.45, 2.75) is 32.8 Å². The Balaban J connectivity index is 2.24. The third kappa shape index (κ3) is 2.53. The summed E-state index contributed by atoms with van der Waals surface area (Å²) in [5.74, 6) is 0. The van der Waals surface area contributed by atoms with Crippen molar-refractivity contribution in [2.75, 3.05) is 0 Å². The summed E-state index contributed by atoms with van der Waals surface area (Å²) in [6, 6.07) is 0. The van der Waals surface area contributed by atoms with Gasteiger partial charge in [-0.1, -0.05) is 6.92 Å². The van der Waals surface area contributed by atoms with E-state index in [-0.39, 0.29) is 0 Å². The molecule has 0 saturated carbocycles. The number of rotatable bonds is 4. The smallest absolute Gasteiger partial charge is 0.0856 e.